The monoisotopic (exact) mass is 265 g/mol. The number of hydrogen-bond acceptors (Lipinski definition) is 3. The van der Waals surface area contributed by atoms with E-state index in [-0.39, 0.29) is 0 Å². The molecule has 2 fully saturated rings. The van der Waals surface area contributed by atoms with Crippen molar-refractivity contribution in [3.63, 3.8) is 0 Å². The summed E-state index contributed by atoms with van der Waals surface area (Å²) in [4.78, 5) is 6.74. The number of nitrogens with zero attached hydrogens (tertiary/aromatic N) is 2. The van der Waals surface area contributed by atoms with Crippen LogP contribution >= 0.6 is 11.6 Å². The highest BCUT2D eigenvalue weighted by Gasteiger charge is 2.24. The molecule has 0 aliphatic heterocycles. The van der Waals surface area contributed by atoms with Gasteiger partial charge in [-0.15, -0.1) is 0 Å². The van der Waals surface area contributed by atoms with Crippen LogP contribution in [0.25, 0.3) is 0 Å². The van der Waals surface area contributed by atoms with Crippen LogP contribution in [0.1, 0.15) is 37.7 Å². The van der Waals surface area contributed by atoms with E-state index in [1.165, 1.54) is 37.7 Å². The van der Waals surface area contributed by atoms with Crippen LogP contribution in [0.2, 0.25) is 5.02 Å². The molecular weight excluding hydrogens is 246 g/mol. The summed E-state index contributed by atoms with van der Waals surface area (Å²) in [5.74, 6) is 1.05. The molecule has 0 aromatic carbocycles. The number of anilines is 1. The maximum atomic E-state index is 6.21. The molecule has 1 aromatic heterocycles. The van der Waals surface area contributed by atoms with E-state index >= 15 is 0 Å². The fraction of sp³-hybridized carbons (Fsp3) is 0.643. The maximum Gasteiger partial charge on any atom is 0.128 e. The number of hydrogen-bond donors (Lipinski definition) is 1. The van der Waals surface area contributed by atoms with Crippen molar-refractivity contribution in [2.24, 2.45) is 0 Å². The minimum Gasteiger partial charge on any atom is -0.357 e. The molecule has 3 nitrogen and oxygen atoms in total. The Hall–Kier alpha value is -0.800. The van der Waals surface area contributed by atoms with Gasteiger partial charge in [0.05, 0.1) is 5.02 Å². The van der Waals surface area contributed by atoms with E-state index < -0.39 is 0 Å². The second-order valence-electron chi connectivity index (χ2n) is 5.48. The van der Waals surface area contributed by atoms with Gasteiger partial charge in [0.25, 0.3) is 0 Å². The molecule has 2 aliphatic rings. The molecule has 2 aliphatic carbocycles. The molecule has 0 radical (unpaired) electrons. The number of aromatic nitrogens is 1. The van der Waals surface area contributed by atoms with Crippen molar-refractivity contribution in [3.05, 3.63) is 22.8 Å². The Kier molecular flexibility index (Phi) is 3.44. The van der Waals surface area contributed by atoms with Gasteiger partial charge in [0.2, 0.25) is 0 Å². The molecule has 0 unspecified atom stereocenters. The molecule has 1 aromatic rings. The highest BCUT2D eigenvalue weighted by Crippen LogP contribution is 2.29. The molecule has 0 atom stereocenters. The van der Waals surface area contributed by atoms with Gasteiger partial charge in [-0.25, -0.2) is 4.98 Å². The molecule has 2 saturated carbocycles. The van der Waals surface area contributed by atoms with E-state index in [0.29, 0.717) is 12.1 Å². The zero-order valence-electron chi connectivity index (χ0n) is 10.8. The topological polar surface area (TPSA) is 28.2 Å². The minimum atomic E-state index is 0.669. The molecular formula is C14H20ClN3. The summed E-state index contributed by atoms with van der Waals surface area (Å²) in [6.07, 6.45) is 8.32. The molecule has 0 amide bonds. The fourth-order valence-corrected chi connectivity index (χ4v) is 2.47. The standard InChI is InChI=1S/C14H20ClN3/c1-18(12-3-2-4-12)14-7-10(13(15)9-17-14)8-16-11-5-6-11/h7,9,11-12,16H,2-6,8H2,1H3. The third-order valence-corrected chi connectivity index (χ3v) is 4.40. The summed E-state index contributed by atoms with van der Waals surface area (Å²) in [5.41, 5.74) is 1.17. The van der Waals surface area contributed by atoms with Crippen molar-refractivity contribution in [1.29, 1.82) is 0 Å². The van der Waals surface area contributed by atoms with Crippen LogP contribution in [-0.4, -0.2) is 24.1 Å². The second-order valence-corrected chi connectivity index (χ2v) is 5.89. The first-order valence-corrected chi connectivity index (χ1v) is 7.22. The lowest BCUT2D eigenvalue weighted by atomic mass is 9.92. The van der Waals surface area contributed by atoms with Crippen molar-refractivity contribution in [2.75, 3.05) is 11.9 Å². The first kappa shape index (κ1) is 12.2. The van der Waals surface area contributed by atoms with Crippen molar-refractivity contribution in [2.45, 2.75) is 50.7 Å². The zero-order chi connectivity index (χ0) is 12.5. The Morgan fingerprint density at radius 2 is 2.17 bits per heavy atom. The van der Waals surface area contributed by atoms with Gasteiger partial charge in [-0.3, -0.25) is 0 Å². The van der Waals surface area contributed by atoms with Crippen molar-refractivity contribution in [1.82, 2.24) is 10.3 Å². The van der Waals surface area contributed by atoms with E-state index in [2.05, 4.69) is 28.3 Å². The van der Waals surface area contributed by atoms with Gasteiger partial charge in [-0.2, -0.15) is 0 Å². The molecule has 3 rings (SSSR count). The largest absolute Gasteiger partial charge is 0.357 e. The Morgan fingerprint density at radius 3 is 2.78 bits per heavy atom. The van der Waals surface area contributed by atoms with Crippen LogP contribution in [0.5, 0.6) is 0 Å². The fourth-order valence-electron chi connectivity index (χ4n) is 2.30. The first-order chi connectivity index (χ1) is 8.74. The van der Waals surface area contributed by atoms with Crippen LogP contribution in [0.3, 0.4) is 0 Å². The van der Waals surface area contributed by atoms with E-state index in [1.54, 1.807) is 6.20 Å². The Morgan fingerprint density at radius 1 is 1.39 bits per heavy atom. The third kappa shape index (κ3) is 2.62. The summed E-state index contributed by atoms with van der Waals surface area (Å²) < 4.78 is 0. The average molecular weight is 266 g/mol. The van der Waals surface area contributed by atoms with E-state index in [9.17, 15) is 0 Å². The van der Waals surface area contributed by atoms with Crippen molar-refractivity contribution >= 4 is 17.4 Å². The molecule has 1 N–H and O–H groups in total. The summed E-state index contributed by atoms with van der Waals surface area (Å²) in [5, 5.41) is 4.28. The zero-order valence-corrected chi connectivity index (χ0v) is 11.6. The lowest BCUT2D eigenvalue weighted by molar-refractivity contribution is 0.399. The molecule has 0 spiro atoms. The van der Waals surface area contributed by atoms with Crippen LogP contribution in [-0.2, 0) is 6.54 Å². The quantitative estimate of drug-likeness (QED) is 0.887. The SMILES string of the molecule is CN(c1cc(CNC2CC2)c(Cl)cn1)C1CCC1. The summed E-state index contributed by atoms with van der Waals surface area (Å²) in [6.45, 7) is 0.859. The van der Waals surface area contributed by atoms with Gasteiger partial charge in [-0.1, -0.05) is 11.6 Å². The highest BCUT2D eigenvalue weighted by atomic mass is 35.5. The van der Waals surface area contributed by atoms with Crippen LogP contribution in [0, 0.1) is 0 Å². The van der Waals surface area contributed by atoms with Gasteiger partial charge in [0.15, 0.2) is 0 Å². The summed E-state index contributed by atoms with van der Waals surface area (Å²) in [6, 6.07) is 3.51. The average Bonchev–Trinajstić information content (AvgIpc) is 3.09. The van der Waals surface area contributed by atoms with Crippen molar-refractivity contribution in [3.8, 4) is 0 Å². The molecule has 0 bridgehead atoms. The molecule has 1 heterocycles. The van der Waals surface area contributed by atoms with Gasteiger partial charge in [0, 0.05) is 31.9 Å². The predicted molar refractivity (Wildman–Crippen MR) is 75.2 cm³/mol. The first-order valence-electron chi connectivity index (χ1n) is 6.84. The van der Waals surface area contributed by atoms with Crippen molar-refractivity contribution < 1.29 is 0 Å². The lowest BCUT2D eigenvalue weighted by Gasteiger charge is -2.35. The van der Waals surface area contributed by atoms with Crippen LogP contribution in [0.15, 0.2) is 12.3 Å². The highest BCUT2D eigenvalue weighted by molar-refractivity contribution is 6.31. The number of nitrogens with one attached hydrogen (secondary N) is 1. The van der Waals surface area contributed by atoms with Gasteiger partial charge in [-0.05, 0) is 43.7 Å². The Bertz CT molecular complexity index is 427. The summed E-state index contributed by atoms with van der Waals surface area (Å²) in [7, 11) is 2.14. The molecule has 18 heavy (non-hydrogen) atoms. The Labute approximate surface area is 114 Å². The number of rotatable bonds is 5. The molecule has 0 saturated heterocycles. The maximum absolute atomic E-state index is 6.21. The molecule has 4 heteroatoms. The normalized spacial score (nSPS) is 19.7. The van der Waals surface area contributed by atoms with E-state index in [0.717, 1.165) is 17.4 Å². The second kappa shape index (κ2) is 5.06. The van der Waals surface area contributed by atoms with E-state index in [4.69, 9.17) is 11.6 Å². The molecule has 98 valence electrons. The lowest BCUT2D eigenvalue weighted by Crippen LogP contribution is -2.37. The van der Waals surface area contributed by atoms with Gasteiger partial charge in [0.1, 0.15) is 5.82 Å². The van der Waals surface area contributed by atoms with Gasteiger partial charge < -0.3 is 10.2 Å². The van der Waals surface area contributed by atoms with Crippen LogP contribution < -0.4 is 10.2 Å². The number of pyridine rings is 1. The van der Waals surface area contributed by atoms with Gasteiger partial charge >= 0.3 is 0 Å². The van der Waals surface area contributed by atoms with Crippen LogP contribution in [0.4, 0.5) is 5.82 Å². The Balaban J connectivity index is 1.71. The third-order valence-electron chi connectivity index (χ3n) is 4.06. The van der Waals surface area contributed by atoms with E-state index in [1.807, 2.05) is 0 Å². The minimum absolute atomic E-state index is 0.669. The summed E-state index contributed by atoms with van der Waals surface area (Å²) >= 11 is 6.21. The predicted octanol–water partition coefficient (Wildman–Crippen LogP) is 2.98. The smallest absolute Gasteiger partial charge is 0.128 e. The number of halogens is 1.